The second-order valence-electron chi connectivity index (χ2n) is 5.36. The maximum atomic E-state index is 11.9. The van der Waals surface area contributed by atoms with Crippen LogP contribution in [-0.2, 0) is 19.1 Å². The first-order valence-electron chi connectivity index (χ1n) is 6.48. The third kappa shape index (κ3) is 6.96. The molecule has 2 N–H and O–H groups in total. The van der Waals surface area contributed by atoms with E-state index in [2.05, 4.69) is 15.4 Å². The SMILES string of the molecule is CCC(NC(=O)OC(C)(C)C)C(=O)N[C@@H](C)C(=O)OC. The maximum Gasteiger partial charge on any atom is 0.408 e. The van der Waals surface area contributed by atoms with Gasteiger partial charge in [-0.3, -0.25) is 4.79 Å². The average Bonchev–Trinajstić information content (AvgIpc) is 2.32. The van der Waals surface area contributed by atoms with Crippen LogP contribution >= 0.6 is 0 Å². The second kappa shape index (κ2) is 7.72. The van der Waals surface area contributed by atoms with Crippen LogP contribution in [0.25, 0.3) is 0 Å². The van der Waals surface area contributed by atoms with E-state index >= 15 is 0 Å². The van der Waals surface area contributed by atoms with Gasteiger partial charge in [-0.1, -0.05) is 6.92 Å². The molecule has 0 heterocycles. The highest BCUT2D eigenvalue weighted by molar-refractivity contribution is 5.89. The lowest BCUT2D eigenvalue weighted by Crippen LogP contribution is -2.51. The van der Waals surface area contributed by atoms with E-state index in [-0.39, 0.29) is 0 Å². The van der Waals surface area contributed by atoms with Crippen molar-refractivity contribution >= 4 is 18.0 Å². The Hall–Kier alpha value is -1.79. The van der Waals surface area contributed by atoms with E-state index in [4.69, 9.17) is 4.74 Å². The molecule has 0 saturated carbocycles. The van der Waals surface area contributed by atoms with Crippen molar-refractivity contribution in [2.24, 2.45) is 0 Å². The fourth-order valence-corrected chi connectivity index (χ4v) is 1.35. The largest absolute Gasteiger partial charge is 0.467 e. The number of carbonyl (C=O) groups is 3. The number of rotatable bonds is 5. The smallest absolute Gasteiger partial charge is 0.408 e. The summed E-state index contributed by atoms with van der Waals surface area (Å²) < 4.78 is 9.58. The van der Waals surface area contributed by atoms with Gasteiger partial charge in [0.25, 0.3) is 0 Å². The standard InChI is InChI=1S/C13H24N2O5/c1-7-9(15-12(18)20-13(3,4)5)10(16)14-8(2)11(17)19-6/h8-9H,7H2,1-6H3,(H,14,16)(H,15,18)/t8-,9?/m0/s1. The minimum Gasteiger partial charge on any atom is -0.467 e. The van der Waals surface area contributed by atoms with Gasteiger partial charge in [-0.2, -0.15) is 0 Å². The second-order valence-corrected chi connectivity index (χ2v) is 5.36. The molecule has 7 nitrogen and oxygen atoms in total. The summed E-state index contributed by atoms with van der Waals surface area (Å²) in [6.07, 6.45) is -0.302. The van der Waals surface area contributed by atoms with Crippen LogP contribution in [0.5, 0.6) is 0 Å². The van der Waals surface area contributed by atoms with Gasteiger partial charge in [-0.25, -0.2) is 9.59 Å². The zero-order valence-electron chi connectivity index (χ0n) is 12.9. The zero-order valence-corrected chi connectivity index (χ0v) is 12.9. The molecule has 0 aromatic rings. The summed E-state index contributed by atoms with van der Waals surface area (Å²) in [6, 6.07) is -1.54. The molecule has 2 amide bonds. The molecule has 0 aromatic carbocycles. The molecule has 0 rings (SSSR count). The predicted molar refractivity (Wildman–Crippen MR) is 73.1 cm³/mol. The number of ether oxygens (including phenoxy) is 2. The van der Waals surface area contributed by atoms with Gasteiger partial charge >= 0.3 is 12.1 Å². The molecular formula is C13H24N2O5. The number of alkyl carbamates (subject to hydrolysis) is 1. The minimum atomic E-state index is -0.776. The third-order valence-corrected chi connectivity index (χ3v) is 2.33. The Labute approximate surface area is 119 Å². The fourth-order valence-electron chi connectivity index (χ4n) is 1.35. The lowest BCUT2D eigenvalue weighted by Gasteiger charge is -2.23. The molecule has 1 unspecified atom stereocenters. The van der Waals surface area contributed by atoms with Crippen LogP contribution in [0.4, 0.5) is 4.79 Å². The first-order valence-corrected chi connectivity index (χ1v) is 6.48. The molecule has 2 atom stereocenters. The maximum absolute atomic E-state index is 11.9. The van der Waals surface area contributed by atoms with E-state index in [0.29, 0.717) is 6.42 Å². The number of methoxy groups -OCH3 is 1. The Morgan fingerprint density at radius 2 is 1.70 bits per heavy atom. The van der Waals surface area contributed by atoms with E-state index in [1.807, 2.05) is 0 Å². The van der Waals surface area contributed by atoms with Gasteiger partial charge in [0, 0.05) is 0 Å². The lowest BCUT2D eigenvalue weighted by molar-refractivity contribution is -0.144. The Morgan fingerprint density at radius 1 is 1.15 bits per heavy atom. The zero-order chi connectivity index (χ0) is 15.9. The quantitative estimate of drug-likeness (QED) is 0.735. The van der Waals surface area contributed by atoms with Crippen LogP contribution in [-0.4, -0.2) is 42.8 Å². The average molecular weight is 288 g/mol. The lowest BCUT2D eigenvalue weighted by atomic mass is 10.2. The highest BCUT2D eigenvalue weighted by atomic mass is 16.6. The van der Waals surface area contributed by atoms with E-state index in [0.717, 1.165) is 0 Å². The molecule has 0 bridgehead atoms. The van der Waals surface area contributed by atoms with E-state index in [1.54, 1.807) is 27.7 Å². The van der Waals surface area contributed by atoms with Crippen molar-refractivity contribution in [3.63, 3.8) is 0 Å². The Balaban J connectivity index is 4.49. The molecule has 116 valence electrons. The predicted octanol–water partition coefficient (Wildman–Crippen LogP) is 0.967. The fraction of sp³-hybridized carbons (Fsp3) is 0.769. The van der Waals surface area contributed by atoms with Crippen molar-refractivity contribution < 1.29 is 23.9 Å². The normalized spacial score (nSPS) is 13.9. The van der Waals surface area contributed by atoms with Crippen molar-refractivity contribution in [1.29, 1.82) is 0 Å². The molecule has 0 spiro atoms. The van der Waals surface area contributed by atoms with Gasteiger partial charge in [0.15, 0.2) is 0 Å². The van der Waals surface area contributed by atoms with Crippen LogP contribution < -0.4 is 10.6 Å². The summed E-state index contributed by atoms with van der Waals surface area (Å²) in [5, 5.41) is 4.93. The summed E-state index contributed by atoms with van der Waals surface area (Å²) in [5.74, 6) is -1.01. The molecule has 7 heteroatoms. The number of nitrogens with one attached hydrogen (secondary N) is 2. The summed E-state index contributed by atoms with van der Waals surface area (Å²) in [6.45, 7) is 8.43. The Morgan fingerprint density at radius 3 is 2.10 bits per heavy atom. The number of esters is 1. The van der Waals surface area contributed by atoms with E-state index in [1.165, 1.54) is 14.0 Å². The van der Waals surface area contributed by atoms with Crippen LogP contribution in [0.2, 0.25) is 0 Å². The molecule has 0 radical (unpaired) electrons. The van der Waals surface area contributed by atoms with Crippen LogP contribution in [0.1, 0.15) is 41.0 Å². The van der Waals surface area contributed by atoms with Crippen molar-refractivity contribution in [3.05, 3.63) is 0 Å². The van der Waals surface area contributed by atoms with Gasteiger partial charge < -0.3 is 20.1 Å². The summed E-state index contributed by atoms with van der Waals surface area (Å²) >= 11 is 0. The third-order valence-electron chi connectivity index (χ3n) is 2.33. The molecule has 0 aliphatic heterocycles. The molecule has 0 aromatic heterocycles. The molecule has 20 heavy (non-hydrogen) atoms. The van der Waals surface area contributed by atoms with E-state index in [9.17, 15) is 14.4 Å². The van der Waals surface area contributed by atoms with Crippen LogP contribution in [0.15, 0.2) is 0 Å². The minimum absolute atomic E-state index is 0.374. The first-order chi connectivity index (χ1) is 9.10. The first kappa shape index (κ1) is 18.2. The summed E-state index contributed by atoms with van der Waals surface area (Å²) in [4.78, 5) is 34.7. The van der Waals surface area contributed by atoms with Gasteiger partial charge in [0.1, 0.15) is 17.7 Å². The van der Waals surface area contributed by atoms with Crippen molar-refractivity contribution in [2.45, 2.75) is 58.7 Å². The molecule has 0 fully saturated rings. The monoisotopic (exact) mass is 288 g/mol. The molecular weight excluding hydrogens is 264 g/mol. The van der Waals surface area contributed by atoms with Gasteiger partial charge in [0.05, 0.1) is 7.11 Å². The van der Waals surface area contributed by atoms with Crippen molar-refractivity contribution in [2.75, 3.05) is 7.11 Å². The van der Waals surface area contributed by atoms with Gasteiger partial charge in [0.2, 0.25) is 5.91 Å². The van der Waals surface area contributed by atoms with E-state index < -0.39 is 35.7 Å². The van der Waals surface area contributed by atoms with Crippen LogP contribution in [0.3, 0.4) is 0 Å². The summed E-state index contributed by atoms with van der Waals surface area (Å²) in [5.41, 5.74) is -0.641. The number of amides is 2. The summed E-state index contributed by atoms with van der Waals surface area (Å²) in [7, 11) is 1.24. The van der Waals surface area contributed by atoms with Gasteiger partial charge in [-0.15, -0.1) is 0 Å². The van der Waals surface area contributed by atoms with Gasteiger partial charge in [-0.05, 0) is 34.1 Å². The number of carbonyl (C=O) groups excluding carboxylic acids is 3. The Kier molecular flexibility index (Phi) is 7.02. The Bertz CT molecular complexity index is 362. The number of hydrogen-bond donors (Lipinski definition) is 2. The molecule has 0 aliphatic carbocycles. The topological polar surface area (TPSA) is 93.7 Å². The van der Waals surface area contributed by atoms with Crippen molar-refractivity contribution in [3.8, 4) is 0 Å². The highest BCUT2D eigenvalue weighted by Gasteiger charge is 2.25. The van der Waals surface area contributed by atoms with Crippen molar-refractivity contribution in [1.82, 2.24) is 10.6 Å². The number of hydrogen-bond acceptors (Lipinski definition) is 5. The molecule has 0 aliphatic rings. The highest BCUT2D eigenvalue weighted by Crippen LogP contribution is 2.07. The van der Waals surface area contributed by atoms with Crippen LogP contribution in [0, 0.1) is 0 Å². The molecule has 0 saturated heterocycles.